The molecule has 0 fully saturated rings. The van der Waals surface area contributed by atoms with Crippen LogP contribution >= 0.6 is 14.7 Å². The molecule has 0 aromatic rings. The maximum absolute atomic E-state index is 10.0. The Kier molecular flexibility index (Phi) is 12.7. The van der Waals surface area contributed by atoms with Gasteiger partial charge in [0.25, 0.3) is 0 Å². The van der Waals surface area contributed by atoms with Crippen LogP contribution in [0.3, 0.4) is 0 Å². The van der Waals surface area contributed by atoms with Crippen molar-refractivity contribution in [3.8, 4) is 0 Å². The molecule has 0 rings (SSSR count). The van der Waals surface area contributed by atoms with Gasteiger partial charge in [-0.1, -0.05) is 13.8 Å². The zero-order valence-corrected chi connectivity index (χ0v) is 11.8. The monoisotopic (exact) mass is 262 g/mol. The maximum Gasteiger partial charge on any atom is 2.00 e. The van der Waals surface area contributed by atoms with Gasteiger partial charge in [-0.15, -0.1) is 0 Å². The topological polar surface area (TPSA) is 80.3 Å². The molecule has 0 aromatic carbocycles. The molecule has 2 atom stereocenters. The summed E-state index contributed by atoms with van der Waals surface area (Å²) in [7, 11) is -5.79. The van der Waals surface area contributed by atoms with Crippen LogP contribution in [-0.4, -0.2) is 25.7 Å². The van der Waals surface area contributed by atoms with Crippen LogP contribution in [0.1, 0.15) is 13.8 Å². The molecule has 4 nitrogen and oxygen atoms in total. The smallest absolute Gasteiger partial charge is 0.799 e. The molecule has 0 heterocycles. The Morgan fingerprint density at radius 3 is 1.00 bits per heavy atom. The van der Waals surface area contributed by atoms with E-state index in [1.54, 1.807) is 13.8 Å². The Bertz CT molecular complexity index is 173. The van der Waals surface area contributed by atoms with E-state index in [4.69, 9.17) is 0 Å². The van der Waals surface area contributed by atoms with Gasteiger partial charge >= 0.3 is 21.7 Å². The summed E-state index contributed by atoms with van der Waals surface area (Å²) in [5.41, 5.74) is 0. The van der Waals surface area contributed by atoms with Crippen molar-refractivity contribution in [3.63, 3.8) is 0 Å². The average Bonchev–Trinajstić information content (AvgIpc) is 1.86. The Labute approximate surface area is 94.9 Å². The van der Waals surface area contributed by atoms with Gasteiger partial charge in [0.1, 0.15) is 0 Å². The molecule has 0 spiro atoms. The standard InChI is InChI=1S/2C3H9O2P.Ti/c2*1-3-6(2,4)5;/h2*3H2,1-2H3,(H,4,5);/q;;+2/p-2. The molecule has 0 bridgehead atoms. The summed E-state index contributed by atoms with van der Waals surface area (Å²) in [5.74, 6) is 0. The Morgan fingerprint density at radius 1 is 0.923 bits per heavy atom. The van der Waals surface area contributed by atoms with E-state index in [0.29, 0.717) is 0 Å². The fourth-order valence-electron chi connectivity index (χ4n) is 0. The van der Waals surface area contributed by atoms with Gasteiger partial charge < -0.3 is 18.9 Å². The maximum atomic E-state index is 10.0. The van der Waals surface area contributed by atoms with Gasteiger partial charge in [0.05, 0.1) is 0 Å². The molecule has 0 aliphatic rings. The molecule has 0 N–H and O–H groups in total. The molecule has 78 valence electrons. The molecule has 13 heavy (non-hydrogen) atoms. The van der Waals surface area contributed by atoms with Crippen molar-refractivity contribution in [3.05, 3.63) is 0 Å². The van der Waals surface area contributed by atoms with Crippen LogP contribution in [0, 0.1) is 0 Å². The number of hydrogen-bond donors (Lipinski definition) is 0. The minimum Gasteiger partial charge on any atom is -0.799 e. The Morgan fingerprint density at radius 2 is 1.00 bits per heavy atom. The van der Waals surface area contributed by atoms with Crippen molar-refractivity contribution in [2.45, 2.75) is 13.8 Å². The molecular formula is C6H16O4P2Ti. The summed E-state index contributed by atoms with van der Waals surface area (Å²) in [4.78, 5) is 20.1. The van der Waals surface area contributed by atoms with E-state index in [2.05, 4.69) is 0 Å². The van der Waals surface area contributed by atoms with Crippen LogP contribution in [-0.2, 0) is 30.8 Å². The van der Waals surface area contributed by atoms with Gasteiger partial charge in [-0.2, -0.15) is 0 Å². The third kappa shape index (κ3) is 32.0. The average molecular weight is 262 g/mol. The first-order chi connectivity index (χ1) is 5.12. The molecule has 7 heteroatoms. The van der Waals surface area contributed by atoms with Crippen molar-refractivity contribution < 1.29 is 40.6 Å². The van der Waals surface area contributed by atoms with Crippen molar-refractivity contribution in [1.29, 1.82) is 0 Å². The summed E-state index contributed by atoms with van der Waals surface area (Å²) < 4.78 is 20.1. The second kappa shape index (κ2) is 8.41. The summed E-state index contributed by atoms with van der Waals surface area (Å²) >= 11 is 0. The first-order valence-corrected chi connectivity index (χ1v) is 8.19. The molecule has 0 amide bonds. The molecule has 0 saturated carbocycles. The summed E-state index contributed by atoms with van der Waals surface area (Å²) in [6, 6.07) is 0. The second-order valence-electron chi connectivity index (χ2n) is 2.66. The second-order valence-corrected chi connectivity index (χ2v) is 7.98. The van der Waals surface area contributed by atoms with Gasteiger partial charge in [-0.05, 0) is 25.7 Å². The normalized spacial score (nSPS) is 18.3. The van der Waals surface area contributed by atoms with Crippen LogP contribution in [0.4, 0.5) is 0 Å². The molecule has 0 saturated heterocycles. The largest absolute Gasteiger partial charge is 2.00 e. The van der Waals surface area contributed by atoms with E-state index in [1.807, 2.05) is 0 Å². The minimum atomic E-state index is -2.90. The van der Waals surface area contributed by atoms with Crippen molar-refractivity contribution >= 4 is 14.7 Å². The van der Waals surface area contributed by atoms with Gasteiger partial charge in [0, 0.05) is 14.7 Å². The molecule has 0 aliphatic carbocycles. The molecule has 0 radical (unpaired) electrons. The predicted molar refractivity (Wildman–Crippen MR) is 48.1 cm³/mol. The SMILES string of the molecule is CCP(C)(=O)[O-].CCP(C)(=O)[O-].[Ti+2]. The predicted octanol–water partition coefficient (Wildman–Crippen LogP) is 0.546. The van der Waals surface area contributed by atoms with E-state index in [-0.39, 0.29) is 34.0 Å². The summed E-state index contributed by atoms with van der Waals surface area (Å²) in [6.45, 7) is 5.75. The van der Waals surface area contributed by atoms with Gasteiger partial charge in [0.2, 0.25) is 0 Å². The van der Waals surface area contributed by atoms with E-state index in [0.717, 1.165) is 0 Å². The molecule has 0 aromatic heterocycles. The van der Waals surface area contributed by atoms with Crippen LogP contribution in [0.15, 0.2) is 0 Å². The molecule has 0 aliphatic heterocycles. The van der Waals surface area contributed by atoms with Crippen LogP contribution in [0.2, 0.25) is 0 Å². The zero-order chi connectivity index (χ0) is 10.4. The van der Waals surface area contributed by atoms with Gasteiger partial charge in [-0.25, -0.2) is 0 Å². The number of rotatable bonds is 2. The molecule has 2 unspecified atom stereocenters. The molecular weight excluding hydrogens is 246 g/mol. The Balaban J connectivity index is -0.000000143. The van der Waals surface area contributed by atoms with Crippen molar-refractivity contribution in [2.75, 3.05) is 25.7 Å². The van der Waals surface area contributed by atoms with E-state index in [1.165, 1.54) is 13.3 Å². The fraction of sp³-hybridized carbons (Fsp3) is 1.00. The van der Waals surface area contributed by atoms with Crippen molar-refractivity contribution in [2.24, 2.45) is 0 Å². The third-order valence-electron chi connectivity index (χ3n) is 1.15. The minimum absolute atomic E-state index is 0. The van der Waals surface area contributed by atoms with Crippen molar-refractivity contribution in [1.82, 2.24) is 0 Å². The van der Waals surface area contributed by atoms with Gasteiger partial charge in [-0.3, -0.25) is 0 Å². The van der Waals surface area contributed by atoms with Gasteiger partial charge in [0.15, 0.2) is 0 Å². The quantitative estimate of drug-likeness (QED) is 0.537. The van der Waals surface area contributed by atoms with E-state index >= 15 is 0 Å². The summed E-state index contributed by atoms with van der Waals surface area (Å²) in [6.07, 6.45) is 0.542. The van der Waals surface area contributed by atoms with E-state index < -0.39 is 14.7 Å². The first-order valence-electron chi connectivity index (χ1n) is 3.67. The third-order valence-corrected chi connectivity index (χ3v) is 3.45. The van der Waals surface area contributed by atoms with Crippen LogP contribution < -0.4 is 9.79 Å². The van der Waals surface area contributed by atoms with Crippen LogP contribution in [0.25, 0.3) is 0 Å². The van der Waals surface area contributed by atoms with E-state index in [9.17, 15) is 18.9 Å². The Hall–Kier alpha value is 1.09. The zero-order valence-electron chi connectivity index (χ0n) is 8.44. The fourth-order valence-corrected chi connectivity index (χ4v) is 0. The first kappa shape index (κ1) is 19.6. The van der Waals surface area contributed by atoms with Crippen LogP contribution in [0.5, 0.6) is 0 Å². The number of hydrogen-bond acceptors (Lipinski definition) is 4. The summed E-state index contributed by atoms with van der Waals surface area (Å²) in [5, 5.41) is 0.